The first-order valence-corrected chi connectivity index (χ1v) is 14.9. The summed E-state index contributed by atoms with van der Waals surface area (Å²) in [6.07, 6.45) is 9.48. The SMILES string of the molecule is CC1(C)CC[C@]23CC[C@@]4(C)[C@]5(C)CC[C@H]6C(C)(C)C(=O)C(C#N)=C[C@]6(C)C5=CC(=O)[C@@]4([C@@H]2C1)N(CCO)C3=O. The minimum Gasteiger partial charge on any atom is -0.395 e. The molecule has 6 heteroatoms. The van der Waals surface area contributed by atoms with Crippen LogP contribution >= 0.6 is 0 Å². The van der Waals surface area contributed by atoms with Crippen molar-refractivity contribution < 1.29 is 19.5 Å². The van der Waals surface area contributed by atoms with E-state index in [9.17, 15) is 24.8 Å². The summed E-state index contributed by atoms with van der Waals surface area (Å²) in [6.45, 7) is 15.1. The second-order valence-electron chi connectivity index (χ2n) is 15.7. The number of carbonyl (C=O) groups excluding carboxylic acids is 3. The smallest absolute Gasteiger partial charge is 0.230 e. The maximum absolute atomic E-state index is 15.0. The molecule has 210 valence electrons. The third-order valence-electron chi connectivity index (χ3n) is 13.5. The monoisotopic (exact) mass is 532 g/mol. The number of hydrogen-bond donors (Lipinski definition) is 1. The Morgan fingerprint density at radius 1 is 0.974 bits per heavy atom. The second kappa shape index (κ2) is 7.52. The third-order valence-corrected chi connectivity index (χ3v) is 13.5. The fourth-order valence-electron chi connectivity index (χ4n) is 11.4. The molecule has 0 aromatic heterocycles. The Kier molecular flexibility index (Phi) is 5.19. The largest absolute Gasteiger partial charge is 0.395 e. The summed E-state index contributed by atoms with van der Waals surface area (Å²) in [5.41, 5.74) is -2.54. The van der Waals surface area contributed by atoms with Gasteiger partial charge in [-0.3, -0.25) is 14.4 Å². The molecule has 6 nitrogen and oxygen atoms in total. The lowest BCUT2D eigenvalue weighted by Crippen LogP contribution is -2.75. The maximum atomic E-state index is 15.0. The molecule has 5 aliphatic carbocycles. The molecule has 1 heterocycles. The number of amides is 1. The highest BCUT2D eigenvalue weighted by molar-refractivity contribution is 6.08. The zero-order valence-corrected chi connectivity index (χ0v) is 24.7. The van der Waals surface area contributed by atoms with Gasteiger partial charge < -0.3 is 10.0 Å². The highest BCUT2D eigenvalue weighted by atomic mass is 16.3. The zero-order valence-electron chi connectivity index (χ0n) is 24.7. The summed E-state index contributed by atoms with van der Waals surface area (Å²) in [4.78, 5) is 44.5. The van der Waals surface area contributed by atoms with Crippen molar-refractivity contribution in [1.29, 1.82) is 5.26 Å². The van der Waals surface area contributed by atoms with E-state index in [0.717, 1.165) is 50.5 Å². The van der Waals surface area contributed by atoms with Gasteiger partial charge in [-0.05, 0) is 73.3 Å². The number of hydrogen-bond acceptors (Lipinski definition) is 5. The van der Waals surface area contributed by atoms with E-state index < -0.39 is 32.6 Å². The van der Waals surface area contributed by atoms with Crippen LogP contribution in [0.3, 0.4) is 0 Å². The number of carbonyl (C=O) groups is 3. The van der Waals surface area contributed by atoms with E-state index in [1.807, 2.05) is 30.9 Å². The van der Waals surface area contributed by atoms with Crippen LogP contribution in [-0.2, 0) is 14.4 Å². The molecule has 1 saturated heterocycles. The maximum Gasteiger partial charge on any atom is 0.230 e. The van der Waals surface area contributed by atoms with E-state index in [1.54, 1.807) is 0 Å². The lowest BCUT2D eigenvalue weighted by Gasteiger charge is -2.71. The minimum atomic E-state index is -0.994. The number of nitrogens with zero attached hydrogens (tertiary/aromatic N) is 2. The van der Waals surface area contributed by atoms with E-state index in [0.29, 0.717) is 0 Å². The summed E-state index contributed by atoms with van der Waals surface area (Å²) >= 11 is 0. The van der Waals surface area contributed by atoms with Crippen LogP contribution in [0.5, 0.6) is 0 Å². The van der Waals surface area contributed by atoms with Crippen molar-refractivity contribution in [2.24, 2.45) is 44.3 Å². The van der Waals surface area contributed by atoms with Gasteiger partial charge in [0.15, 0.2) is 11.6 Å². The molecule has 2 bridgehead atoms. The van der Waals surface area contributed by atoms with Crippen LogP contribution in [0.1, 0.15) is 93.4 Å². The molecule has 6 rings (SSSR count). The van der Waals surface area contributed by atoms with Gasteiger partial charge in [0.2, 0.25) is 5.91 Å². The molecular formula is C33H44N2O4. The number of rotatable bonds is 2. The molecule has 6 aliphatic rings. The van der Waals surface area contributed by atoms with Crippen LogP contribution in [0.25, 0.3) is 0 Å². The molecule has 1 amide bonds. The van der Waals surface area contributed by atoms with Gasteiger partial charge in [-0.15, -0.1) is 0 Å². The summed E-state index contributed by atoms with van der Waals surface area (Å²) in [6, 6.07) is 2.17. The van der Waals surface area contributed by atoms with Crippen LogP contribution in [0, 0.1) is 55.7 Å². The number of allylic oxidation sites excluding steroid dienone is 3. The van der Waals surface area contributed by atoms with Crippen molar-refractivity contribution in [2.45, 2.75) is 99.0 Å². The first kappa shape index (κ1) is 26.9. The predicted molar refractivity (Wildman–Crippen MR) is 147 cm³/mol. The molecule has 0 unspecified atom stereocenters. The number of likely N-dealkylation sites (tertiary alicyclic amines) is 1. The topological polar surface area (TPSA) is 98.5 Å². The zero-order chi connectivity index (χ0) is 28.6. The fourth-order valence-corrected chi connectivity index (χ4v) is 11.4. The normalized spacial score (nSPS) is 47.3. The Balaban J connectivity index is 1.64. The van der Waals surface area contributed by atoms with Gasteiger partial charge in [0.05, 0.1) is 17.6 Å². The lowest BCUT2D eigenvalue weighted by molar-refractivity contribution is -0.181. The predicted octanol–water partition coefficient (Wildman–Crippen LogP) is 5.16. The number of ketones is 2. The molecule has 3 saturated carbocycles. The molecule has 7 atom stereocenters. The molecule has 0 aromatic carbocycles. The molecule has 0 aromatic rings. The van der Waals surface area contributed by atoms with Gasteiger partial charge in [0.25, 0.3) is 0 Å². The molecule has 1 N–H and O–H groups in total. The minimum absolute atomic E-state index is 0.00737. The lowest BCUT2D eigenvalue weighted by atomic mass is 9.33. The fraction of sp³-hybridized carbons (Fsp3) is 0.758. The highest BCUT2D eigenvalue weighted by Crippen LogP contribution is 2.79. The van der Waals surface area contributed by atoms with Crippen LogP contribution < -0.4 is 0 Å². The molecule has 1 aliphatic heterocycles. The van der Waals surface area contributed by atoms with Crippen LogP contribution in [-0.4, -0.2) is 46.2 Å². The van der Waals surface area contributed by atoms with Crippen molar-refractivity contribution in [3.63, 3.8) is 0 Å². The van der Waals surface area contributed by atoms with E-state index in [2.05, 4.69) is 40.7 Å². The summed E-state index contributed by atoms with van der Waals surface area (Å²) in [5, 5.41) is 20.1. The molecule has 0 radical (unpaired) electrons. The molecular weight excluding hydrogens is 488 g/mol. The van der Waals surface area contributed by atoms with Crippen molar-refractivity contribution in [2.75, 3.05) is 13.2 Å². The van der Waals surface area contributed by atoms with Gasteiger partial charge >= 0.3 is 0 Å². The Labute approximate surface area is 232 Å². The van der Waals surface area contributed by atoms with Crippen LogP contribution in [0.15, 0.2) is 23.3 Å². The Hall–Kier alpha value is -2.26. The Morgan fingerprint density at radius 2 is 1.64 bits per heavy atom. The van der Waals surface area contributed by atoms with Gasteiger partial charge in [0.1, 0.15) is 11.6 Å². The summed E-state index contributed by atoms with van der Waals surface area (Å²) in [7, 11) is 0. The van der Waals surface area contributed by atoms with E-state index >= 15 is 0 Å². The first-order chi connectivity index (χ1) is 18.0. The standard InChI is InChI=1S/C33H44N2O4/c1-27(2)10-12-32-13-11-31(7)30(6)9-8-21-28(3,4)25(38)20(19-34)17-29(21,5)22(30)16-24(37)33(31,23(32)18-27)35(14-15-36)26(32)39/h16-17,21,23,36H,8-15,18H2,1-7H3/t21-,23+,29-,30+,31-,32-,33+/m0/s1. The van der Waals surface area contributed by atoms with Crippen molar-refractivity contribution >= 4 is 17.5 Å². The van der Waals surface area contributed by atoms with Crippen LogP contribution in [0.4, 0.5) is 0 Å². The second-order valence-corrected chi connectivity index (χ2v) is 15.7. The number of nitriles is 1. The number of fused-ring (bicyclic) bond motifs is 4. The Bertz CT molecular complexity index is 1320. The number of Topliss-reactive ketones (excluding diaryl/α,β-unsaturated/α-hetero) is 1. The number of β-amino-alcohol motifs (C(OH)–C–C–N with tert-alkyl or cyclic N) is 1. The highest BCUT2D eigenvalue weighted by Gasteiger charge is 2.82. The summed E-state index contributed by atoms with van der Waals surface area (Å²) < 4.78 is 0. The molecule has 39 heavy (non-hydrogen) atoms. The average molecular weight is 533 g/mol. The quantitative estimate of drug-likeness (QED) is 0.530. The number of aliphatic hydroxyl groups excluding tert-OH is 1. The first-order valence-electron chi connectivity index (χ1n) is 14.9. The van der Waals surface area contributed by atoms with E-state index in [-0.39, 0.29) is 53.4 Å². The summed E-state index contributed by atoms with van der Waals surface area (Å²) in [5.74, 6) is -0.148. The van der Waals surface area contributed by atoms with Gasteiger partial charge in [0, 0.05) is 28.7 Å². The van der Waals surface area contributed by atoms with Crippen molar-refractivity contribution in [1.82, 2.24) is 4.90 Å². The van der Waals surface area contributed by atoms with Crippen molar-refractivity contribution in [3.05, 3.63) is 23.3 Å². The van der Waals surface area contributed by atoms with Gasteiger partial charge in [-0.1, -0.05) is 54.5 Å². The van der Waals surface area contributed by atoms with Gasteiger partial charge in [-0.2, -0.15) is 5.26 Å². The van der Waals surface area contributed by atoms with Crippen molar-refractivity contribution in [3.8, 4) is 6.07 Å². The molecule has 1 spiro atoms. The van der Waals surface area contributed by atoms with Crippen LogP contribution in [0.2, 0.25) is 0 Å². The van der Waals surface area contributed by atoms with E-state index in [4.69, 9.17) is 0 Å². The number of aliphatic hydroxyl groups is 1. The average Bonchev–Trinajstić information content (AvgIpc) is 3.01. The van der Waals surface area contributed by atoms with Gasteiger partial charge in [-0.25, -0.2) is 0 Å². The molecule has 4 fully saturated rings. The third kappa shape index (κ3) is 2.70. The van der Waals surface area contributed by atoms with E-state index in [1.165, 1.54) is 0 Å². The Morgan fingerprint density at radius 3 is 2.28 bits per heavy atom.